The summed E-state index contributed by atoms with van der Waals surface area (Å²) >= 11 is 0. The molecule has 0 amide bonds. The molecule has 3 aromatic heterocycles. The van der Waals surface area contributed by atoms with E-state index in [2.05, 4.69) is 15.3 Å². The molecule has 0 saturated carbocycles. The number of aromatic nitrogens is 7. The third-order valence-electron chi connectivity index (χ3n) is 9.81. The molecule has 0 saturated heterocycles. The average Bonchev–Trinajstić information content (AvgIpc) is 3.86. The van der Waals surface area contributed by atoms with Crippen molar-refractivity contribution in [2.75, 3.05) is 6.61 Å². The molecule has 2 unspecified atom stereocenters. The van der Waals surface area contributed by atoms with Gasteiger partial charge in [-0.1, -0.05) is 36.4 Å². The monoisotopic (exact) mass is 695 g/mol. The number of ether oxygens (including phenoxy) is 2. The summed E-state index contributed by atoms with van der Waals surface area (Å²) in [6, 6.07) is 15.2. The lowest BCUT2D eigenvalue weighted by Gasteiger charge is -2.29. The topological polar surface area (TPSA) is 133 Å². The number of aliphatic carboxylic acids is 1. The molecule has 6 bridgehead atoms. The van der Waals surface area contributed by atoms with Crippen molar-refractivity contribution in [2.45, 2.75) is 64.5 Å². The van der Waals surface area contributed by atoms with Crippen molar-refractivity contribution in [3.63, 3.8) is 0 Å². The van der Waals surface area contributed by atoms with Crippen LogP contribution in [0.2, 0.25) is 0 Å². The van der Waals surface area contributed by atoms with Gasteiger partial charge in [-0.15, -0.1) is 5.10 Å². The number of carboxylic acids is 1. The zero-order valence-corrected chi connectivity index (χ0v) is 29.1. The van der Waals surface area contributed by atoms with Gasteiger partial charge in [0.15, 0.2) is 23.2 Å². The number of nitrogens with one attached hydrogen (secondary N) is 1. The molecule has 4 heterocycles. The van der Waals surface area contributed by atoms with Gasteiger partial charge in [0.2, 0.25) is 0 Å². The van der Waals surface area contributed by atoms with Gasteiger partial charge in [-0.3, -0.25) is 4.79 Å². The maximum Gasteiger partial charge on any atom is 0.306 e. The lowest BCUT2D eigenvalue weighted by molar-refractivity contribution is -0.141. The fourth-order valence-corrected chi connectivity index (χ4v) is 6.71. The van der Waals surface area contributed by atoms with Crippen LogP contribution < -0.4 is 4.74 Å². The Kier molecular flexibility index (Phi) is 8.70. The third kappa shape index (κ3) is 6.49. The number of hydrogen-bond donors (Lipinski definition) is 2. The first-order valence-corrected chi connectivity index (χ1v) is 16.9. The average molecular weight is 696 g/mol. The second kappa shape index (κ2) is 13.0. The van der Waals surface area contributed by atoms with Crippen molar-refractivity contribution in [3.05, 3.63) is 107 Å². The number of carboxylic acid groups (broad SMARTS) is 1. The van der Waals surface area contributed by atoms with Crippen molar-refractivity contribution in [1.29, 1.82) is 0 Å². The van der Waals surface area contributed by atoms with E-state index in [9.17, 15) is 9.90 Å². The molecule has 7 rings (SSSR count). The van der Waals surface area contributed by atoms with Crippen LogP contribution in [-0.2, 0) is 40.6 Å². The fourth-order valence-electron chi connectivity index (χ4n) is 6.71. The number of nitrogens with zero attached hydrogens (tertiary/aromatic N) is 6. The molecular weight excluding hydrogens is 656 g/mol. The Labute approximate surface area is 293 Å². The molecule has 11 nitrogen and oxygen atoms in total. The maximum absolute atomic E-state index is 15.8. The van der Waals surface area contributed by atoms with E-state index in [4.69, 9.17) is 19.6 Å². The minimum atomic E-state index is -0.869. The molecule has 1 aliphatic rings. The van der Waals surface area contributed by atoms with Gasteiger partial charge in [-0.2, -0.15) is 5.10 Å². The van der Waals surface area contributed by atoms with Gasteiger partial charge < -0.3 is 19.6 Å². The number of halogens is 2. The molecule has 3 aromatic carbocycles. The van der Waals surface area contributed by atoms with Gasteiger partial charge in [0.05, 0.1) is 29.6 Å². The zero-order valence-electron chi connectivity index (χ0n) is 29.1. The summed E-state index contributed by atoms with van der Waals surface area (Å²) < 4.78 is 47.3. The largest absolute Gasteiger partial charge is 0.481 e. The van der Waals surface area contributed by atoms with Crippen LogP contribution in [0.1, 0.15) is 68.7 Å². The molecule has 0 spiro atoms. The molecule has 1 aliphatic heterocycles. The molecule has 264 valence electrons. The highest BCUT2D eigenvalue weighted by Gasteiger charge is 2.35. The van der Waals surface area contributed by atoms with Gasteiger partial charge in [0.25, 0.3) is 0 Å². The van der Waals surface area contributed by atoms with E-state index in [0.717, 1.165) is 16.5 Å². The van der Waals surface area contributed by atoms with E-state index in [1.54, 1.807) is 31.0 Å². The molecule has 6 aromatic rings. The predicted molar refractivity (Wildman–Crippen MR) is 185 cm³/mol. The number of aryl methyl sites for hydroxylation is 1. The van der Waals surface area contributed by atoms with Crippen molar-refractivity contribution in [2.24, 2.45) is 13.0 Å². The van der Waals surface area contributed by atoms with Crippen LogP contribution in [0, 0.1) is 17.6 Å². The predicted octanol–water partition coefficient (Wildman–Crippen LogP) is 7.29. The highest BCUT2D eigenvalue weighted by molar-refractivity contribution is 5.85. The summed E-state index contributed by atoms with van der Waals surface area (Å²) in [5.41, 5.74) is 2.05. The van der Waals surface area contributed by atoms with Gasteiger partial charge in [0.1, 0.15) is 22.9 Å². The molecule has 0 aliphatic carbocycles. The molecule has 2 atom stereocenters. The minimum Gasteiger partial charge on any atom is -0.481 e. The Morgan fingerprint density at radius 3 is 2.73 bits per heavy atom. The zero-order chi connectivity index (χ0) is 36.1. The Balaban J connectivity index is 1.36. The normalized spacial score (nSPS) is 18.3. The van der Waals surface area contributed by atoms with Crippen LogP contribution in [0.5, 0.6) is 11.5 Å². The first kappa shape index (κ1) is 34.0. The van der Waals surface area contributed by atoms with Crippen LogP contribution in [0.3, 0.4) is 0 Å². The highest BCUT2D eigenvalue weighted by Crippen LogP contribution is 2.40. The Hall–Kier alpha value is -5.43. The number of aromatic amines is 1. The first-order chi connectivity index (χ1) is 24.3. The molecule has 0 radical (unpaired) electrons. The first-order valence-electron chi connectivity index (χ1n) is 16.9. The molecule has 2 N–H and O–H groups in total. The third-order valence-corrected chi connectivity index (χ3v) is 9.81. The molecule has 13 heteroatoms. The number of H-pyrrole nitrogens is 1. The lowest BCUT2D eigenvalue weighted by Crippen LogP contribution is -2.28. The van der Waals surface area contributed by atoms with E-state index < -0.39 is 34.5 Å². The Bertz CT molecular complexity index is 2260. The van der Waals surface area contributed by atoms with E-state index in [0.29, 0.717) is 48.5 Å². The number of fused-ring (bicyclic) bond motifs is 10. The van der Waals surface area contributed by atoms with Crippen molar-refractivity contribution < 1.29 is 28.2 Å². The number of rotatable bonds is 4. The fraction of sp³-hybridized carbons (Fsp3) is 0.342. The summed E-state index contributed by atoms with van der Waals surface area (Å²) in [7, 11) is 1.70. The van der Waals surface area contributed by atoms with Gasteiger partial charge >= 0.3 is 5.97 Å². The maximum atomic E-state index is 15.8. The summed E-state index contributed by atoms with van der Waals surface area (Å²) in [6.45, 7) is 8.07. The van der Waals surface area contributed by atoms with E-state index in [1.807, 2.05) is 51.1 Å². The SMILES string of the molecule is CC(Cc1cccc(C2(C)CCCOC(C)(C)c3cn(nn3)Cc3c(c(F)cc4[nH]ccc34)Oc3ccc(F)c(c3)-c3nc2nn3C)c1)C(=O)O. The van der Waals surface area contributed by atoms with E-state index in [-0.39, 0.29) is 29.4 Å². The van der Waals surface area contributed by atoms with Crippen molar-refractivity contribution in [3.8, 4) is 22.9 Å². The van der Waals surface area contributed by atoms with E-state index >= 15 is 8.78 Å². The van der Waals surface area contributed by atoms with Gasteiger partial charge in [0, 0.05) is 42.4 Å². The number of hydrogen-bond acceptors (Lipinski definition) is 7. The molecule has 51 heavy (non-hydrogen) atoms. The lowest BCUT2D eigenvalue weighted by atomic mass is 9.77. The number of benzene rings is 3. The summed E-state index contributed by atoms with van der Waals surface area (Å²) in [5, 5.41) is 23.9. The standard InChI is InChI=1S/C38H39F2N7O4/c1-22(35(48)49)16-23-8-6-9-24(17-23)38(4)13-7-15-50-37(2,3)32-21-47(45-43-32)20-28-26-12-14-41-31(26)19-30(40)33(28)51-25-10-11-29(39)27(18-25)34-42-36(38)44-46(34)5/h6,8-12,14,17-19,21-22,41H,7,13,15-16,20H2,1-5H3,(H,48,49). The van der Waals surface area contributed by atoms with Crippen LogP contribution in [-0.4, -0.2) is 52.4 Å². The summed E-state index contributed by atoms with van der Waals surface area (Å²) in [6.07, 6.45) is 5.03. The quantitative estimate of drug-likeness (QED) is 0.197. The van der Waals surface area contributed by atoms with Crippen LogP contribution >= 0.6 is 0 Å². The van der Waals surface area contributed by atoms with Crippen molar-refractivity contribution in [1.82, 2.24) is 34.7 Å². The highest BCUT2D eigenvalue weighted by atomic mass is 19.1. The summed E-state index contributed by atoms with van der Waals surface area (Å²) in [5.74, 6) is -1.67. The summed E-state index contributed by atoms with van der Waals surface area (Å²) in [4.78, 5) is 19.6. The second-order valence-electron chi connectivity index (χ2n) is 14.0. The second-order valence-corrected chi connectivity index (χ2v) is 14.0. The van der Waals surface area contributed by atoms with Gasteiger partial charge in [-0.25, -0.2) is 23.1 Å². The molecular formula is C38H39F2N7O4. The Morgan fingerprint density at radius 1 is 1.10 bits per heavy atom. The van der Waals surface area contributed by atoms with Crippen LogP contribution in [0.25, 0.3) is 22.3 Å². The Morgan fingerprint density at radius 2 is 1.92 bits per heavy atom. The van der Waals surface area contributed by atoms with Crippen molar-refractivity contribution >= 4 is 16.9 Å². The van der Waals surface area contributed by atoms with Gasteiger partial charge in [-0.05, 0) is 75.4 Å². The van der Waals surface area contributed by atoms with Crippen LogP contribution in [0.15, 0.2) is 67.0 Å². The molecule has 0 fully saturated rings. The minimum absolute atomic E-state index is 0.0199. The smallest absolute Gasteiger partial charge is 0.306 e. The number of carbonyl (C=O) groups is 1. The van der Waals surface area contributed by atoms with E-state index in [1.165, 1.54) is 28.9 Å². The van der Waals surface area contributed by atoms with Crippen LogP contribution in [0.4, 0.5) is 8.78 Å².